The maximum Gasteiger partial charge on any atom is 0.295 e. The zero-order chi connectivity index (χ0) is 25.8. The van der Waals surface area contributed by atoms with Crippen molar-refractivity contribution in [1.82, 2.24) is 5.32 Å². The molecule has 0 fully saturated rings. The predicted molar refractivity (Wildman–Crippen MR) is 126 cm³/mol. The molecule has 3 aromatic carbocycles. The molecule has 0 aliphatic heterocycles. The lowest BCUT2D eigenvalue weighted by atomic mass is 10.1. The zero-order valence-electron chi connectivity index (χ0n) is 17.9. The summed E-state index contributed by atoms with van der Waals surface area (Å²) in [5.74, 6) is 0. The number of nitrogens with zero attached hydrogens (tertiary/aromatic N) is 4. The molecule has 0 atom stereocenters. The fraction of sp³-hybridized carbons (Fsp3) is 0.0476. The number of nitro groups is 1. The van der Waals surface area contributed by atoms with Gasteiger partial charge in [0.1, 0.15) is 9.79 Å². The van der Waals surface area contributed by atoms with Gasteiger partial charge in [0.15, 0.2) is 0 Å². The van der Waals surface area contributed by atoms with E-state index in [1.54, 1.807) is 31.3 Å². The van der Waals surface area contributed by atoms with Crippen molar-refractivity contribution < 1.29 is 30.9 Å². The van der Waals surface area contributed by atoms with Crippen LogP contribution in [-0.2, 0) is 20.2 Å². The first-order valence-corrected chi connectivity index (χ1v) is 12.4. The molecule has 0 aliphatic rings. The van der Waals surface area contributed by atoms with Crippen LogP contribution in [0.1, 0.15) is 11.1 Å². The Morgan fingerprint density at radius 2 is 1.20 bits per heavy atom. The Kier molecular flexibility index (Phi) is 7.40. The Labute approximate surface area is 200 Å². The molecular weight excluding hydrogens is 500 g/mol. The number of hydrogen-bond acceptors (Lipinski definition) is 8. The Bertz CT molecular complexity index is 1550. The van der Waals surface area contributed by atoms with Crippen LogP contribution in [0.2, 0.25) is 0 Å². The van der Waals surface area contributed by atoms with E-state index in [9.17, 15) is 36.1 Å². The molecule has 3 rings (SSSR count). The summed E-state index contributed by atoms with van der Waals surface area (Å²) >= 11 is 0. The van der Waals surface area contributed by atoms with Crippen molar-refractivity contribution in [3.8, 4) is 0 Å². The lowest BCUT2D eigenvalue weighted by Gasteiger charge is -2.06. The van der Waals surface area contributed by atoms with Crippen molar-refractivity contribution in [2.45, 2.75) is 9.79 Å². The van der Waals surface area contributed by atoms with Gasteiger partial charge in [0.25, 0.3) is 25.9 Å². The van der Waals surface area contributed by atoms with Gasteiger partial charge in [0, 0.05) is 19.2 Å². The highest BCUT2D eigenvalue weighted by Crippen LogP contribution is 2.28. The summed E-state index contributed by atoms with van der Waals surface area (Å²) in [5.41, 5.74) is 0.560. The number of azo groups is 1. The van der Waals surface area contributed by atoms with E-state index < -0.39 is 40.6 Å². The average molecular weight is 518 g/mol. The smallest absolute Gasteiger partial charge is 0.289 e. The molecule has 3 aromatic rings. The minimum absolute atomic E-state index is 0.0417. The van der Waals surface area contributed by atoms with E-state index in [1.165, 1.54) is 12.1 Å². The van der Waals surface area contributed by atoms with E-state index in [0.717, 1.165) is 36.0 Å². The zero-order valence-corrected chi connectivity index (χ0v) is 19.5. The number of hydrogen-bond donors (Lipinski definition) is 2. The van der Waals surface area contributed by atoms with Gasteiger partial charge in [-0.2, -0.15) is 27.1 Å². The van der Waals surface area contributed by atoms with Crippen LogP contribution in [0.15, 0.2) is 80.7 Å². The summed E-state index contributed by atoms with van der Waals surface area (Å²) in [6.45, 7) is 0. The molecule has 0 aromatic heterocycles. The molecule has 0 amide bonds. The highest BCUT2D eigenvalue weighted by molar-refractivity contribution is 7.86. The van der Waals surface area contributed by atoms with E-state index in [0.29, 0.717) is 11.8 Å². The van der Waals surface area contributed by atoms with E-state index >= 15 is 0 Å². The van der Waals surface area contributed by atoms with E-state index in [-0.39, 0.29) is 16.8 Å². The second-order valence-electron chi connectivity index (χ2n) is 6.92. The van der Waals surface area contributed by atoms with Crippen LogP contribution < -0.4 is 5.32 Å². The van der Waals surface area contributed by atoms with Crippen LogP contribution in [0.25, 0.3) is 12.2 Å². The van der Waals surface area contributed by atoms with Crippen molar-refractivity contribution in [3.05, 3.63) is 81.9 Å². The maximum atomic E-state index is 11.9. The Hall–Kier alpha value is -3.98. The van der Waals surface area contributed by atoms with Crippen LogP contribution in [0.4, 0.5) is 22.7 Å². The highest BCUT2D eigenvalue weighted by Gasteiger charge is 2.20. The molecule has 35 heavy (non-hydrogen) atoms. The van der Waals surface area contributed by atoms with Crippen molar-refractivity contribution in [1.29, 1.82) is 0 Å². The third-order valence-corrected chi connectivity index (χ3v) is 6.41. The van der Waals surface area contributed by atoms with Gasteiger partial charge in [0.2, 0.25) is 0 Å². The van der Waals surface area contributed by atoms with Gasteiger partial charge < -0.3 is 0 Å². The molecule has 1 radical (unpaired) electrons. The first kappa shape index (κ1) is 25.6. The molecule has 0 saturated carbocycles. The van der Waals surface area contributed by atoms with Gasteiger partial charge in [0.05, 0.1) is 22.0 Å². The summed E-state index contributed by atoms with van der Waals surface area (Å²) < 4.78 is 66.3. The molecule has 0 spiro atoms. The number of non-ortho nitro benzene ring substituents is 1. The normalized spacial score (nSPS) is 12.3. The number of rotatable bonds is 8. The van der Waals surface area contributed by atoms with Crippen LogP contribution >= 0.6 is 0 Å². The third-order valence-electron chi connectivity index (χ3n) is 4.59. The predicted octanol–water partition coefficient (Wildman–Crippen LogP) is 4.54. The van der Waals surface area contributed by atoms with Crippen molar-refractivity contribution in [2.75, 3.05) is 7.05 Å². The Morgan fingerprint density at radius 3 is 1.71 bits per heavy atom. The van der Waals surface area contributed by atoms with Gasteiger partial charge in [-0.3, -0.25) is 24.5 Å². The van der Waals surface area contributed by atoms with Crippen molar-refractivity contribution in [2.24, 2.45) is 10.2 Å². The van der Waals surface area contributed by atoms with Crippen molar-refractivity contribution in [3.63, 3.8) is 0 Å². The van der Waals surface area contributed by atoms with Gasteiger partial charge in [-0.15, -0.1) is 0 Å². The van der Waals surface area contributed by atoms with Gasteiger partial charge >= 0.3 is 0 Å². The van der Waals surface area contributed by atoms with Crippen LogP contribution in [0.3, 0.4) is 0 Å². The largest absolute Gasteiger partial charge is 0.295 e. The number of benzene rings is 3. The second-order valence-corrected chi connectivity index (χ2v) is 9.70. The quantitative estimate of drug-likeness (QED) is 0.143. The first-order chi connectivity index (χ1) is 16.4. The Balaban J connectivity index is 2.00. The standard InChI is InChI=1S/C21H17N4O8S2/c1-22-16-7-9-17(10-8-16)23-24-18-6-4-14(20(12-18)34(28,29)30)2-3-15-5-11-19(25(26)27)13-21(15)35(31,32)33/h2-13H,1H3,(H,28,29,30)(H,31,32,33). The summed E-state index contributed by atoms with van der Waals surface area (Å²) in [6.07, 6.45) is 2.28. The van der Waals surface area contributed by atoms with E-state index in [1.807, 2.05) is 0 Å². The van der Waals surface area contributed by atoms with Crippen molar-refractivity contribution >= 4 is 55.1 Å². The second kappa shape index (κ2) is 10.1. The highest BCUT2D eigenvalue weighted by atomic mass is 32.2. The Morgan fingerprint density at radius 1 is 0.743 bits per heavy atom. The summed E-state index contributed by atoms with van der Waals surface area (Å²) in [7, 11) is -7.93. The molecule has 181 valence electrons. The molecule has 0 unspecified atom stereocenters. The van der Waals surface area contributed by atoms with Crippen LogP contribution in [0, 0.1) is 10.1 Å². The molecule has 14 heteroatoms. The lowest BCUT2D eigenvalue weighted by Crippen LogP contribution is -2.02. The molecule has 2 N–H and O–H groups in total. The molecular formula is C21H17N4O8S2. The summed E-state index contributed by atoms with van der Waals surface area (Å²) in [6, 6.07) is 13.3. The molecule has 0 heterocycles. The maximum absolute atomic E-state index is 11.9. The molecule has 0 saturated heterocycles. The summed E-state index contributed by atoms with van der Waals surface area (Å²) in [4.78, 5) is 8.80. The van der Waals surface area contributed by atoms with Gasteiger partial charge in [-0.05, 0) is 53.6 Å². The topological polar surface area (TPSA) is 191 Å². The molecule has 0 bridgehead atoms. The lowest BCUT2D eigenvalue weighted by molar-refractivity contribution is -0.385. The molecule has 0 aliphatic carbocycles. The van der Waals surface area contributed by atoms with Crippen LogP contribution in [0.5, 0.6) is 0 Å². The fourth-order valence-corrected chi connectivity index (χ4v) is 4.31. The third kappa shape index (κ3) is 6.54. The minimum Gasteiger partial charge on any atom is -0.289 e. The first-order valence-electron chi connectivity index (χ1n) is 9.55. The van der Waals surface area contributed by atoms with E-state index in [4.69, 9.17) is 0 Å². The summed E-state index contributed by atoms with van der Waals surface area (Å²) in [5, 5.41) is 22.9. The van der Waals surface area contributed by atoms with E-state index in [2.05, 4.69) is 15.5 Å². The fourth-order valence-electron chi connectivity index (χ4n) is 2.91. The van der Waals surface area contributed by atoms with Gasteiger partial charge in [-0.1, -0.05) is 18.2 Å². The van der Waals surface area contributed by atoms with Crippen LogP contribution in [-0.4, -0.2) is 37.9 Å². The number of nitro benzene ring substituents is 1. The minimum atomic E-state index is -4.83. The molecule has 12 nitrogen and oxygen atoms in total. The monoisotopic (exact) mass is 517 g/mol. The van der Waals surface area contributed by atoms with Gasteiger partial charge in [-0.25, -0.2) is 0 Å². The average Bonchev–Trinajstić information content (AvgIpc) is 2.80. The SMILES string of the molecule is C[N]c1ccc(N=Nc2ccc(C=Cc3ccc([N+](=O)[O-])cc3S(=O)(=O)O)c(S(=O)(=O)O)c2)cc1.